The van der Waals surface area contributed by atoms with Gasteiger partial charge in [-0.25, -0.2) is 9.48 Å². The van der Waals surface area contributed by atoms with Gasteiger partial charge in [0.2, 0.25) is 0 Å². The summed E-state index contributed by atoms with van der Waals surface area (Å²) in [6.07, 6.45) is 2.91. The van der Waals surface area contributed by atoms with Gasteiger partial charge in [0, 0.05) is 0 Å². The van der Waals surface area contributed by atoms with Crippen molar-refractivity contribution < 1.29 is 14.3 Å². The molecular weight excluding hydrogens is 437 g/mol. The highest BCUT2D eigenvalue weighted by atomic mass is 127. The zero-order chi connectivity index (χ0) is 17.8. The van der Waals surface area contributed by atoms with Gasteiger partial charge < -0.3 is 10.1 Å². The minimum absolute atomic E-state index is 0.175. The number of benzene rings is 1. The highest BCUT2D eigenvalue weighted by Gasteiger charge is 2.23. The topological polar surface area (TPSA) is 102 Å². The van der Waals surface area contributed by atoms with Gasteiger partial charge >= 0.3 is 5.97 Å². The molecule has 0 aliphatic rings. The van der Waals surface area contributed by atoms with Crippen molar-refractivity contribution in [3.05, 3.63) is 57.6 Å². The highest BCUT2D eigenvalue weighted by molar-refractivity contribution is 14.1. The number of nitrogens with zero attached hydrogens (tertiary/aromatic N) is 3. The zero-order valence-corrected chi connectivity index (χ0v) is 15.4. The second kappa shape index (κ2) is 7.47. The van der Waals surface area contributed by atoms with Gasteiger partial charge in [-0.05, 0) is 41.6 Å². The molecule has 9 heteroatoms. The Hall–Kier alpha value is -2.69. The number of hydrogen-bond donors (Lipinski definition) is 2. The van der Waals surface area contributed by atoms with E-state index >= 15 is 0 Å². The molecule has 0 aliphatic heterocycles. The SMILES string of the molecule is CCOC(=O)c1cnn(-c2ccccc2)c1NC(=O)c1[nH]ncc1I. The van der Waals surface area contributed by atoms with E-state index in [0.29, 0.717) is 15.0 Å². The molecule has 0 unspecified atom stereocenters. The second-order valence-corrected chi connectivity index (χ2v) is 6.08. The molecule has 25 heavy (non-hydrogen) atoms. The average Bonchev–Trinajstić information content (AvgIpc) is 3.22. The molecule has 0 aliphatic carbocycles. The summed E-state index contributed by atoms with van der Waals surface area (Å²) in [5.41, 5.74) is 1.18. The largest absolute Gasteiger partial charge is 0.462 e. The van der Waals surface area contributed by atoms with Crippen LogP contribution in [0.2, 0.25) is 0 Å². The maximum absolute atomic E-state index is 12.5. The molecule has 1 aromatic carbocycles. The van der Waals surface area contributed by atoms with Crippen LogP contribution in [0.25, 0.3) is 5.69 Å². The summed E-state index contributed by atoms with van der Waals surface area (Å²) in [5.74, 6) is -0.746. The zero-order valence-electron chi connectivity index (χ0n) is 13.2. The van der Waals surface area contributed by atoms with Crippen LogP contribution < -0.4 is 5.32 Å². The number of esters is 1. The molecule has 1 amide bonds. The van der Waals surface area contributed by atoms with E-state index in [9.17, 15) is 9.59 Å². The third-order valence-electron chi connectivity index (χ3n) is 3.32. The lowest BCUT2D eigenvalue weighted by molar-refractivity contribution is 0.0527. The van der Waals surface area contributed by atoms with Gasteiger partial charge in [-0.1, -0.05) is 18.2 Å². The van der Waals surface area contributed by atoms with Gasteiger partial charge in [0.25, 0.3) is 5.91 Å². The van der Waals surface area contributed by atoms with E-state index in [4.69, 9.17) is 4.74 Å². The van der Waals surface area contributed by atoms with Crippen LogP contribution in [0.1, 0.15) is 27.8 Å². The predicted molar refractivity (Wildman–Crippen MR) is 98.8 cm³/mol. The number of para-hydroxylation sites is 1. The molecule has 128 valence electrons. The number of halogens is 1. The van der Waals surface area contributed by atoms with Crippen molar-refractivity contribution in [2.45, 2.75) is 6.92 Å². The molecule has 0 fully saturated rings. The molecule has 2 heterocycles. The number of nitrogens with one attached hydrogen (secondary N) is 2. The molecule has 0 spiro atoms. The van der Waals surface area contributed by atoms with E-state index in [2.05, 4.69) is 20.6 Å². The lowest BCUT2D eigenvalue weighted by Gasteiger charge is -2.10. The van der Waals surface area contributed by atoms with Crippen LogP contribution in [0.3, 0.4) is 0 Å². The number of carbonyl (C=O) groups excluding carboxylic acids is 2. The van der Waals surface area contributed by atoms with Gasteiger partial charge in [0.05, 0.1) is 28.3 Å². The maximum Gasteiger partial charge on any atom is 0.343 e. The van der Waals surface area contributed by atoms with Gasteiger partial charge in [-0.15, -0.1) is 0 Å². The fourth-order valence-electron chi connectivity index (χ4n) is 2.19. The van der Waals surface area contributed by atoms with Crippen molar-refractivity contribution in [2.24, 2.45) is 0 Å². The number of hydrogen-bond acceptors (Lipinski definition) is 5. The number of amides is 1. The second-order valence-electron chi connectivity index (χ2n) is 4.92. The van der Waals surface area contributed by atoms with Crippen LogP contribution in [0.15, 0.2) is 42.7 Å². The summed E-state index contributed by atoms with van der Waals surface area (Å²) in [7, 11) is 0. The Kier molecular flexibility index (Phi) is 5.12. The summed E-state index contributed by atoms with van der Waals surface area (Å²) in [4.78, 5) is 24.7. The molecular formula is C16H14IN5O3. The molecule has 0 atom stereocenters. The molecule has 0 saturated carbocycles. The molecule has 0 radical (unpaired) electrons. The van der Waals surface area contributed by atoms with E-state index < -0.39 is 11.9 Å². The Morgan fingerprint density at radius 2 is 2.04 bits per heavy atom. The van der Waals surface area contributed by atoms with Crippen LogP contribution in [-0.4, -0.2) is 38.5 Å². The van der Waals surface area contributed by atoms with Crippen molar-refractivity contribution in [3.63, 3.8) is 0 Å². The Labute approximate surface area is 156 Å². The lowest BCUT2D eigenvalue weighted by Crippen LogP contribution is -2.19. The van der Waals surface area contributed by atoms with Gasteiger partial charge in [-0.2, -0.15) is 10.2 Å². The smallest absolute Gasteiger partial charge is 0.343 e. The number of aromatic nitrogens is 4. The first kappa shape index (κ1) is 17.1. The van der Waals surface area contributed by atoms with E-state index in [-0.39, 0.29) is 18.0 Å². The number of H-pyrrole nitrogens is 1. The Morgan fingerprint density at radius 1 is 1.28 bits per heavy atom. The first-order chi connectivity index (χ1) is 12.1. The molecule has 3 aromatic rings. The number of carbonyl (C=O) groups is 2. The van der Waals surface area contributed by atoms with Gasteiger partial charge in [-0.3, -0.25) is 9.89 Å². The van der Waals surface area contributed by atoms with E-state index in [0.717, 1.165) is 0 Å². The maximum atomic E-state index is 12.5. The average molecular weight is 451 g/mol. The van der Waals surface area contributed by atoms with Crippen molar-refractivity contribution >= 4 is 40.3 Å². The third kappa shape index (κ3) is 3.55. The number of ether oxygens (including phenoxy) is 1. The van der Waals surface area contributed by atoms with Crippen LogP contribution >= 0.6 is 22.6 Å². The van der Waals surface area contributed by atoms with Crippen molar-refractivity contribution in [2.75, 3.05) is 11.9 Å². The summed E-state index contributed by atoms with van der Waals surface area (Å²) in [6, 6.07) is 9.18. The fourth-order valence-corrected chi connectivity index (χ4v) is 2.70. The first-order valence-corrected chi connectivity index (χ1v) is 8.50. The fraction of sp³-hybridized carbons (Fsp3) is 0.125. The number of rotatable bonds is 5. The van der Waals surface area contributed by atoms with E-state index in [1.54, 1.807) is 6.92 Å². The molecule has 8 nitrogen and oxygen atoms in total. The van der Waals surface area contributed by atoms with Crippen molar-refractivity contribution in [3.8, 4) is 5.69 Å². The van der Waals surface area contributed by atoms with E-state index in [1.165, 1.54) is 17.1 Å². The quantitative estimate of drug-likeness (QED) is 0.459. The number of aromatic amines is 1. The summed E-state index contributed by atoms with van der Waals surface area (Å²) >= 11 is 2.00. The Balaban J connectivity index is 2.02. The summed E-state index contributed by atoms with van der Waals surface area (Å²) in [6.45, 7) is 1.94. The Morgan fingerprint density at radius 3 is 2.68 bits per heavy atom. The van der Waals surface area contributed by atoms with Crippen LogP contribution in [0.5, 0.6) is 0 Å². The summed E-state index contributed by atoms with van der Waals surface area (Å²) in [5, 5.41) is 13.4. The molecule has 0 saturated heterocycles. The monoisotopic (exact) mass is 451 g/mol. The lowest BCUT2D eigenvalue weighted by atomic mass is 10.3. The normalized spacial score (nSPS) is 10.5. The molecule has 2 aromatic heterocycles. The van der Waals surface area contributed by atoms with Crippen LogP contribution in [0.4, 0.5) is 5.82 Å². The first-order valence-electron chi connectivity index (χ1n) is 7.42. The summed E-state index contributed by atoms with van der Waals surface area (Å²) < 4.78 is 7.19. The van der Waals surface area contributed by atoms with Gasteiger partial charge in [0.1, 0.15) is 11.3 Å². The van der Waals surface area contributed by atoms with Crippen molar-refractivity contribution in [1.82, 2.24) is 20.0 Å². The predicted octanol–water partition coefficient (Wildman–Crippen LogP) is 2.63. The van der Waals surface area contributed by atoms with Crippen LogP contribution in [0, 0.1) is 3.57 Å². The molecule has 2 N–H and O–H groups in total. The minimum atomic E-state index is -0.556. The van der Waals surface area contributed by atoms with Gasteiger partial charge in [0.15, 0.2) is 5.82 Å². The standard InChI is InChI=1S/C16H14IN5O3/c1-2-25-16(24)11-8-19-22(10-6-4-3-5-7-10)14(11)20-15(23)13-12(17)9-18-21-13/h3-9H,2H2,1H3,(H,18,21)(H,20,23). The molecule has 3 rings (SSSR count). The third-order valence-corrected chi connectivity index (χ3v) is 4.14. The van der Waals surface area contributed by atoms with Crippen molar-refractivity contribution in [1.29, 1.82) is 0 Å². The molecule has 0 bridgehead atoms. The highest BCUT2D eigenvalue weighted by Crippen LogP contribution is 2.22. The van der Waals surface area contributed by atoms with E-state index in [1.807, 2.05) is 52.9 Å². The Bertz CT molecular complexity index is 904. The van der Waals surface area contributed by atoms with Crippen LogP contribution in [-0.2, 0) is 4.74 Å². The minimum Gasteiger partial charge on any atom is -0.462 e. The number of anilines is 1.